The minimum atomic E-state index is 0.372. The van der Waals surface area contributed by atoms with Crippen LogP contribution in [0.4, 0.5) is 5.69 Å². The average Bonchev–Trinajstić information content (AvgIpc) is 2.32. The molecule has 4 heteroatoms. The summed E-state index contributed by atoms with van der Waals surface area (Å²) in [7, 11) is 1.95. The Bertz CT molecular complexity index is 345. The van der Waals surface area contributed by atoms with E-state index in [2.05, 4.69) is 47.9 Å². The van der Waals surface area contributed by atoms with Gasteiger partial charge in [0.05, 0.1) is 17.6 Å². The van der Waals surface area contributed by atoms with Crippen LogP contribution in [0.1, 0.15) is 45.1 Å². The smallest absolute Gasteiger partial charge is 0.131 e. The third-order valence-electron chi connectivity index (χ3n) is 2.83. The van der Waals surface area contributed by atoms with Crippen molar-refractivity contribution >= 4 is 5.69 Å². The van der Waals surface area contributed by atoms with Gasteiger partial charge in [0, 0.05) is 25.6 Å². The molecule has 96 valence electrons. The summed E-state index contributed by atoms with van der Waals surface area (Å²) < 4.78 is 0. The van der Waals surface area contributed by atoms with Crippen molar-refractivity contribution in [1.29, 1.82) is 0 Å². The summed E-state index contributed by atoms with van der Waals surface area (Å²) in [6.07, 6.45) is 1.96. The van der Waals surface area contributed by atoms with Gasteiger partial charge in [-0.05, 0) is 20.9 Å². The highest BCUT2D eigenvalue weighted by molar-refractivity contribution is 5.49. The van der Waals surface area contributed by atoms with Crippen LogP contribution in [0.15, 0.2) is 6.20 Å². The van der Waals surface area contributed by atoms with Crippen molar-refractivity contribution in [3.63, 3.8) is 0 Å². The summed E-state index contributed by atoms with van der Waals surface area (Å²) in [5.74, 6) is 1.29. The Morgan fingerprint density at radius 2 is 1.94 bits per heavy atom. The highest BCUT2D eigenvalue weighted by atomic mass is 15.1. The molecule has 1 N–H and O–H groups in total. The molecule has 0 fully saturated rings. The summed E-state index contributed by atoms with van der Waals surface area (Å²) in [5.41, 5.74) is 2.24. The van der Waals surface area contributed by atoms with Gasteiger partial charge in [0.2, 0.25) is 0 Å². The van der Waals surface area contributed by atoms with Gasteiger partial charge in [-0.3, -0.25) is 0 Å². The molecule has 0 spiro atoms. The van der Waals surface area contributed by atoms with Crippen molar-refractivity contribution in [3.8, 4) is 0 Å². The van der Waals surface area contributed by atoms with Crippen LogP contribution in [0.2, 0.25) is 0 Å². The number of hydrogen-bond donors (Lipinski definition) is 1. The highest BCUT2D eigenvalue weighted by Crippen LogP contribution is 2.20. The van der Waals surface area contributed by atoms with Crippen LogP contribution in [0.25, 0.3) is 0 Å². The minimum absolute atomic E-state index is 0.372. The van der Waals surface area contributed by atoms with E-state index < -0.39 is 0 Å². The van der Waals surface area contributed by atoms with Crippen LogP contribution < -0.4 is 10.2 Å². The maximum Gasteiger partial charge on any atom is 0.131 e. The molecule has 1 rings (SSSR count). The summed E-state index contributed by atoms with van der Waals surface area (Å²) in [6.45, 7) is 11.3. The average molecular weight is 236 g/mol. The Morgan fingerprint density at radius 1 is 1.29 bits per heavy atom. The lowest BCUT2D eigenvalue weighted by Crippen LogP contribution is -2.25. The number of nitrogens with zero attached hydrogens (tertiary/aromatic N) is 3. The standard InChI is InChI=1S/C13H24N4/c1-6-17(7-2)12-9-15-13(10(3)4)16-11(12)8-14-5/h9-10,14H,6-8H2,1-5H3. The second-order valence-electron chi connectivity index (χ2n) is 4.42. The van der Waals surface area contributed by atoms with Gasteiger partial charge in [-0.25, -0.2) is 9.97 Å². The monoisotopic (exact) mass is 236 g/mol. The molecule has 0 amide bonds. The molecule has 0 unspecified atom stereocenters. The van der Waals surface area contributed by atoms with E-state index in [1.807, 2.05) is 13.2 Å². The van der Waals surface area contributed by atoms with Gasteiger partial charge < -0.3 is 10.2 Å². The second-order valence-corrected chi connectivity index (χ2v) is 4.42. The van der Waals surface area contributed by atoms with Crippen molar-refractivity contribution < 1.29 is 0 Å². The van der Waals surface area contributed by atoms with Crippen molar-refractivity contribution in [3.05, 3.63) is 17.7 Å². The first kappa shape index (κ1) is 13.9. The topological polar surface area (TPSA) is 41.1 Å². The van der Waals surface area contributed by atoms with Gasteiger partial charge in [-0.2, -0.15) is 0 Å². The van der Waals surface area contributed by atoms with Crippen LogP contribution in [-0.2, 0) is 6.54 Å². The molecule has 0 aliphatic rings. The van der Waals surface area contributed by atoms with E-state index in [0.717, 1.165) is 36.8 Å². The Morgan fingerprint density at radius 3 is 2.41 bits per heavy atom. The van der Waals surface area contributed by atoms with E-state index >= 15 is 0 Å². The van der Waals surface area contributed by atoms with Gasteiger partial charge in [0.25, 0.3) is 0 Å². The Labute approximate surface area is 104 Å². The van der Waals surface area contributed by atoms with Crippen LogP contribution >= 0.6 is 0 Å². The molecule has 17 heavy (non-hydrogen) atoms. The van der Waals surface area contributed by atoms with Gasteiger partial charge >= 0.3 is 0 Å². The fraction of sp³-hybridized carbons (Fsp3) is 0.692. The molecule has 1 heterocycles. The fourth-order valence-corrected chi connectivity index (χ4v) is 1.83. The van der Waals surface area contributed by atoms with Crippen LogP contribution in [-0.4, -0.2) is 30.1 Å². The lowest BCUT2D eigenvalue weighted by Gasteiger charge is -2.23. The van der Waals surface area contributed by atoms with Crippen molar-refractivity contribution in [2.45, 2.75) is 40.2 Å². The molecule has 0 saturated heterocycles. The minimum Gasteiger partial charge on any atom is -0.369 e. The van der Waals surface area contributed by atoms with E-state index in [9.17, 15) is 0 Å². The fourth-order valence-electron chi connectivity index (χ4n) is 1.83. The molecule has 0 bridgehead atoms. The molecule has 0 saturated carbocycles. The molecule has 4 nitrogen and oxygen atoms in total. The molecule has 1 aromatic rings. The maximum atomic E-state index is 4.66. The zero-order valence-electron chi connectivity index (χ0n) is 11.6. The van der Waals surface area contributed by atoms with Crippen LogP contribution in [0.5, 0.6) is 0 Å². The predicted molar refractivity (Wildman–Crippen MR) is 72.4 cm³/mol. The molecule has 0 aliphatic carbocycles. The SMILES string of the molecule is CCN(CC)c1cnc(C(C)C)nc1CNC. The molecule has 0 aliphatic heterocycles. The summed E-state index contributed by atoms with van der Waals surface area (Å²) >= 11 is 0. The van der Waals surface area contributed by atoms with Crippen LogP contribution in [0.3, 0.4) is 0 Å². The second kappa shape index (κ2) is 6.55. The third-order valence-corrected chi connectivity index (χ3v) is 2.83. The van der Waals surface area contributed by atoms with Gasteiger partial charge in [0.1, 0.15) is 5.82 Å². The van der Waals surface area contributed by atoms with Gasteiger partial charge in [-0.1, -0.05) is 13.8 Å². The molecular formula is C13H24N4. The lowest BCUT2D eigenvalue weighted by atomic mass is 10.2. The molecule has 0 atom stereocenters. The van der Waals surface area contributed by atoms with E-state index in [4.69, 9.17) is 0 Å². The summed E-state index contributed by atoms with van der Waals surface area (Å²) in [6, 6.07) is 0. The van der Waals surface area contributed by atoms with Crippen molar-refractivity contribution in [1.82, 2.24) is 15.3 Å². The summed E-state index contributed by atoms with van der Waals surface area (Å²) in [4.78, 5) is 11.4. The number of aromatic nitrogens is 2. The predicted octanol–water partition coefficient (Wildman–Crippen LogP) is 2.17. The first-order valence-electron chi connectivity index (χ1n) is 6.39. The van der Waals surface area contributed by atoms with E-state index in [0.29, 0.717) is 5.92 Å². The number of rotatable bonds is 6. The Hall–Kier alpha value is -1.16. The van der Waals surface area contributed by atoms with Crippen LogP contribution in [0, 0.1) is 0 Å². The van der Waals surface area contributed by atoms with Gasteiger partial charge in [0.15, 0.2) is 0 Å². The molecule has 0 aromatic carbocycles. The van der Waals surface area contributed by atoms with Crippen molar-refractivity contribution in [2.75, 3.05) is 25.0 Å². The third kappa shape index (κ3) is 3.40. The molecule has 0 radical (unpaired) electrons. The normalized spacial score (nSPS) is 10.9. The van der Waals surface area contributed by atoms with E-state index in [1.165, 1.54) is 0 Å². The Balaban J connectivity index is 3.11. The first-order valence-corrected chi connectivity index (χ1v) is 6.39. The number of hydrogen-bond acceptors (Lipinski definition) is 4. The largest absolute Gasteiger partial charge is 0.369 e. The zero-order chi connectivity index (χ0) is 12.8. The Kier molecular flexibility index (Phi) is 5.35. The number of nitrogens with one attached hydrogen (secondary N) is 1. The molecule has 1 aromatic heterocycles. The van der Waals surface area contributed by atoms with Gasteiger partial charge in [-0.15, -0.1) is 0 Å². The van der Waals surface area contributed by atoms with E-state index in [-0.39, 0.29) is 0 Å². The van der Waals surface area contributed by atoms with E-state index in [1.54, 1.807) is 0 Å². The first-order chi connectivity index (χ1) is 8.13. The maximum absolute atomic E-state index is 4.66. The summed E-state index contributed by atoms with van der Waals surface area (Å²) in [5, 5.41) is 3.18. The van der Waals surface area contributed by atoms with Crippen molar-refractivity contribution in [2.24, 2.45) is 0 Å². The highest BCUT2D eigenvalue weighted by Gasteiger charge is 2.12. The lowest BCUT2D eigenvalue weighted by molar-refractivity contribution is 0.715. The zero-order valence-corrected chi connectivity index (χ0v) is 11.6. The quantitative estimate of drug-likeness (QED) is 0.822. The molecular weight excluding hydrogens is 212 g/mol. The number of anilines is 1.